The average molecular weight is 305 g/mol. The van der Waals surface area contributed by atoms with Crippen LogP contribution in [-0.2, 0) is 0 Å². The minimum atomic E-state index is -0.395. The summed E-state index contributed by atoms with van der Waals surface area (Å²) in [6, 6.07) is 8.34. The number of nitrogens with zero attached hydrogens (tertiary/aromatic N) is 2. The first-order valence-corrected chi connectivity index (χ1v) is 6.40. The van der Waals surface area contributed by atoms with Crippen molar-refractivity contribution < 1.29 is 10.0 Å². The van der Waals surface area contributed by atoms with Crippen molar-refractivity contribution in [1.82, 2.24) is 4.98 Å². The fraction of sp³-hybridized carbons (Fsp3) is 0.0714. The molecule has 0 fully saturated rings. The van der Waals surface area contributed by atoms with Crippen LogP contribution < -0.4 is 11.1 Å². The molecule has 4 N–H and O–H groups in total. The smallest absolute Gasteiger partial charge is 0.274 e. The lowest BCUT2D eigenvalue weighted by atomic mass is 10.2. The number of nitrogens with two attached hydrogens (primary N) is 1. The Kier molecular flexibility index (Phi) is 4.39. The van der Waals surface area contributed by atoms with E-state index in [4.69, 9.17) is 22.5 Å². The van der Waals surface area contributed by atoms with Gasteiger partial charge in [-0.25, -0.2) is 0 Å². The molecule has 2 rings (SSSR count). The largest absolute Gasteiger partial charge is 0.409 e. The van der Waals surface area contributed by atoms with Gasteiger partial charge < -0.3 is 16.3 Å². The van der Waals surface area contributed by atoms with Crippen molar-refractivity contribution in [3.05, 3.63) is 58.4 Å². The van der Waals surface area contributed by atoms with Crippen molar-refractivity contribution in [3.8, 4) is 0 Å². The zero-order valence-corrected chi connectivity index (χ0v) is 11.9. The number of aromatic nitrogens is 1. The molecule has 108 valence electrons. The average Bonchev–Trinajstić information content (AvgIpc) is 2.50. The Hall–Kier alpha value is -2.60. The lowest BCUT2D eigenvalue weighted by Gasteiger charge is -2.08. The van der Waals surface area contributed by atoms with E-state index in [2.05, 4.69) is 15.5 Å². The van der Waals surface area contributed by atoms with Crippen molar-refractivity contribution >= 4 is 29.0 Å². The van der Waals surface area contributed by atoms with Gasteiger partial charge in [-0.05, 0) is 36.8 Å². The molecule has 0 saturated carbocycles. The van der Waals surface area contributed by atoms with Crippen LogP contribution in [0.25, 0.3) is 0 Å². The summed E-state index contributed by atoms with van der Waals surface area (Å²) in [5.74, 6) is -0.468. The number of halogens is 1. The number of rotatable bonds is 3. The van der Waals surface area contributed by atoms with Crippen LogP contribution in [0.4, 0.5) is 5.69 Å². The van der Waals surface area contributed by atoms with Crippen molar-refractivity contribution in [2.45, 2.75) is 6.92 Å². The van der Waals surface area contributed by atoms with Gasteiger partial charge in [0.05, 0.1) is 10.7 Å². The molecule has 0 bridgehead atoms. The van der Waals surface area contributed by atoms with Crippen molar-refractivity contribution in [3.63, 3.8) is 0 Å². The Morgan fingerprint density at radius 1 is 1.38 bits per heavy atom. The highest BCUT2D eigenvalue weighted by Crippen LogP contribution is 2.23. The standard InChI is InChI=1S/C14H13ClN4O2/c1-8-2-4-10(15)12(6-8)18-14(20)11-5-3-9(7-17-11)13(16)19-21/h2-7,21H,1H3,(H2,16,19)(H,18,20). The first kappa shape index (κ1) is 14.8. The number of anilines is 1. The molecule has 1 aromatic carbocycles. The summed E-state index contributed by atoms with van der Waals surface area (Å²) in [6.45, 7) is 1.90. The maximum absolute atomic E-state index is 12.1. The van der Waals surface area contributed by atoms with E-state index in [9.17, 15) is 4.79 Å². The third kappa shape index (κ3) is 3.49. The molecule has 0 atom stereocenters. The number of nitrogens with one attached hydrogen (secondary N) is 1. The Labute approximate surface area is 126 Å². The van der Waals surface area contributed by atoms with Gasteiger partial charge in [0, 0.05) is 11.8 Å². The molecule has 0 aliphatic rings. The van der Waals surface area contributed by atoms with Crippen LogP contribution in [0.2, 0.25) is 5.02 Å². The van der Waals surface area contributed by atoms with Gasteiger partial charge in [0.25, 0.3) is 5.91 Å². The molecule has 1 amide bonds. The zero-order chi connectivity index (χ0) is 15.4. The van der Waals surface area contributed by atoms with Gasteiger partial charge >= 0.3 is 0 Å². The van der Waals surface area contributed by atoms with Crippen LogP contribution in [0.15, 0.2) is 41.7 Å². The van der Waals surface area contributed by atoms with Gasteiger partial charge in [-0.3, -0.25) is 9.78 Å². The number of oxime groups is 1. The van der Waals surface area contributed by atoms with Crippen LogP contribution in [0.5, 0.6) is 0 Å². The number of pyridine rings is 1. The molecule has 0 spiro atoms. The molecule has 0 aliphatic heterocycles. The molecule has 1 heterocycles. The molecule has 21 heavy (non-hydrogen) atoms. The van der Waals surface area contributed by atoms with E-state index in [1.807, 2.05) is 13.0 Å². The van der Waals surface area contributed by atoms with E-state index in [-0.39, 0.29) is 11.5 Å². The second kappa shape index (κ2) is 6.23. The maximum Gasteiger partial charge on any atom is 0.274 e. The third-order valence-electron chi connectivity index (χ3n) is 2.77. The number of carbonyl (C=O) groups excluding carboxylic acids is 1. The molecule has 0 radical (unpaired) electrons. The number of carbonyl (C=O) groups is 1. The van der Waals surface area contributed by atoms with E-state index in [0.717, 1.165) is 5.56 Å². The van der Waals surface area contributed by atoms with E-state index in [1.165, 1.54) is 18.3 Å². The number of benzene rings is 1. The highest BCUT2D eigenvalue weighted by molar-refractivity contribution is 6.33. The zero-order valence-electron chi connectivity index (χ0n) is 11.2. The summed E-state index contributed by atoms with van der Waals surface area (Å²) >= 11 is 6.02. The predicted octanol–water partition coefficient (Wildman–Crippen LogP) is 2.39. The van der Waals surface area contributed by atoms with Gasteiger partial charge in [0.2, 0.25) is 0 Å². The summed E-state index contributed by atoms with van der Waals surface area (Å²) in [7, 11) is 0. The molecule has 7 heteroatoms. The SMILES string of the molecule is Cc1ccc(Cl)c(NC(=O)c2ccc(/C(N)=N/O)cn2)c1. The summed E-state index contributed by atoms with van der Waals surface area (Å²) in [5, 5.41) is 14.6. The molecule has 6 nitrogen and oxygen atoms in total. The molecule has 2 aromatic rings. The monoisotopic (exact) mass is 304 g/mol. The topological polar surface area (TPSA) is 101 Å². The number of aryl methyl sites for hydroxylation is 1. The lowest BCUT2D eigenvalue weighted by Crippen LogP contribution is -2.17. The summed E-state index contributed by atoms with van der Waals surface area (Å²) < 4.78 is 0. The van der Waals surface area contributed by atoms with Crippen LogP contribution in [0.1, 0.15) is 21.6 Å². The van der Waals surface area contributed by atoms with E-state index in [0.29, 0.717) is 16.3 Å². The summed E-state index contributed by atoms with van der Waals surface area (Å²) in [6.07, 6.45) is 1.35. The Bertz CT molecular complexity index is 699. The van der Waals surface area contributed by atoms with E-state index < -0.39 is 5.91 Å². The van der Waals surface area contributed by atoms with Crippen molar-refractivity contribution in [2.24, 2.45) is 10.9 Å². The normalized spacial score (nSPS) is 11.2. The quantitative estimate of drug-likeness (QED) is 0.351. The number of hydrogen-bond acceptors (Lipinski definition) is 4. The fourth-order valence-electron chi connectivity index (χ4n) is 1.66. The first-order chi connectivity index (χ1) is 10.0. The highest BCUT2D eigenvalue weighted by atomic mass is 35.5. The molecular formula is C14H13ClN4O2. The van der Waals surface area contributed by atoms with E-state index in [1.54, 1.807) is 12.1 Å². The summed E-state index contributed by atoms with van der Waals surface area (Å²) in [5.41, 5.74) is 7.53. The fourth-order valence-corrected chi connectivity index (χ4v) is 1.82. The Balaban J connectivity index is 2.19. The maximum atomic E-state index is 12.1. The Morgan fingerprint density at radius 3 is 2.76 bits per heavy atom. The number of amides is 1. The minimum absolute atomic E-state index is 0.0730. The molecule has 0 unspecified atom stereocenters. The third-order valence-corrected chi connectivity index (χ3v) is 3.10. The minimum Gasteiger partial charge on any atom is -0.409 e. The van der Waals surface area contributed by atoms with Crippen molar-refractivity contribution in [2.75, 3.05) is 5.32 Å². The number of hydrogen-bond donors (Lipinski definition) is 3. The highest BCUT2D eigenvalue weighted by Gasteiger charge is 2.10. The second-order valence-corrected chi connectivity index (χ2v) is 4.76. The second-order valence-electron chi connectivity index (χ2n) is 4.35. The lowest BCUT2D eigenvalue weighted by molar-refractivity contribution is 0.102. The van der Waals surface area contributed by atoms with Crippen LogP contribution in [0, 0.1) is 6.92 Å². The molecular weight excluding hydrogens is 292 g/mol. The van der Waals surface area contributed by atoms with E-state index >= 15 is 0 Å². The molecule has 0 aliphatic carbocycles. The van der Waals surface area contributed by atoms with Gasteiger partial charge in [-0.2, -0.15) is 0 Å². The van der Waals surface area contributed by atoms with Crippen LogP contribution in [-0.4, -0.2) is 21.9 Å². The van der Waals surface area contributed by atoms with Crippen LogP contribution in [0.3, 0.4) is 0 Å². The number of amidine groups is 1. The molecule has 0 saturated heterocycles. The van der Waals surface area contributed by atoms with Crippen molar-refractivity contribution in [1.29, 1.82) is 0 Å². The van der Waals surface area contributed by atoms with Gasteiger partial charge in [-0.1, -0.05) is 22.8 Å². The predicted molar refractivity (Wildman–Crippen MR) is 80.9 cm³/mol. The Morgan fingerprint density at radius 2 is 2.14 bits per heavy atom. The van der Waals surface area contributed by atoms with Gasteiger partial charge in [0.15, 0.2) is 5.84 Å². The first-order valence-electron chi connectivity index (χ1n) is 6.02. The molecule has 1 aromatic heterocycles. The van der Waals surface area contributed by atoms with Gasteiger partial charge in [-0.15, -0.1) is 0 Å². The van der Waals surface area contributed by atoms with Gasteiger partial charge in [0.1, 0.15) is 5.69 Å². The summed E-state index contributed by atoms with van der Waals surface area (Å²) in [4.78, 5) is 16.1. The van der Waals surface area contributed by atoms with Crippen LogP contribution >= 0.6 is 11.6 Å².